The minimum absolute atomic E-state index is 0.277. The molecule has 0 N–H and O–H groups in total. The lowest BCUT2D eigenvalue weighted by Gasteiger charge is -2.36. The number of carbonyl (C=O) groups excluding carboxylic acids is 4. The highest BCUT2D eigenvalue weighted by Crippen LogP contribution is 2.42. The van der Waals surface area contributed by atoms with Gasteiger partial charge >= 0.3 is 0 Å². The number of hydrogen-bond donors (Lipinski definition) is 0. The Morgan fingerprint density at radius 2 is 0.686 bits per heavy atom. The van der Waals surface area contributed by atoms with Crippen LogP contribution in [0.15, 0.2) is 109 Å². The number of rotatable bonds is 16. The lowest BCUT2D eigenvalue weighted by Crippen LogP contribution is -2.47. The molecule has 0 unspecified atom stereocenters. The fourth-order valence-corrected chi connectivity index (χ4v) is 12.1. The number of carbonyl (C=O) groups is 4. The Morgan fingerprint density at radius 3 is 0.971 bits per heavy atom. The summed E-state index contributed by atoms with van der Waals surface area (Å²) in [6, 6.07) is 37.5. The van der Waals surface area contributed by atoms with E-state index in [0.717, 1.165) is 121 Å². The van der Waals surface area contributed by atoms with E-state index in [-0.39, 0.29) is 35.7 Å². The highest BCUT2D eigenvalue weighted by atomic mass is 16.2. The van der Waals surface area contributed by atoms with Gasteiger partial charge in [0.15, 0.2) is 0 Å². The zero-order valence-corrected chi connectivity index (χ0v) is 41.3. The molecule has 1 aliphatic carbocycles. The number of aryl methyl sites for hydroxylation is 4. The molecular formula is C62H64N4O4. The number of nitrogens with zero attached hydrogens (tertiary/aromatic N) is 4. The summed E-state index contributed by atoms with van der Waals surface area (Å²) in [5, 5.41) is 4.65. The van der Waals surface area contributed by atoms with E-state index >= 15 is 0 Å². The fourth-order valence-electron chi connectivity index (χ4n) is 12.1. The molecular weight excluding hydrogens is 865 g/mol. The molecule has 1 saturated carbocycles. The van der Waals surface area contributed by atoms with Crippen molar-refractivity contribution in [1.29, 1.82) is 0 Å². The molecule has 0 bridgehead atoms. The van der Waals surface area contributed by atoms with Crippen molar-refractivity contribution in [2.75, 3.05) is 0 Å². The van der Waals surface area contributed by atoms with Crippen molar-refractivity contribution in [3.05, 3.63) is 154 Å². The van der Waals surface area contributed by atoms with Crippen molar-refractivity contribution < 1.29 is 19.2 Å². The second-order valence-electron chi connectivity index (χ2n) is 20.3. The highest BCUT2D eigenvalue weighted by molar-refractivity contribution is 6.25. The third kappa shape index (κ3) is 7.57. The number of benzene rings is 6. The van der Waals surface area contributed by atoms with Crippen LogP contribution in [-0.2, 0) is 25.7 Å². The van der Waals surface area contributed by atoms with Gasteiger partial charge in [0.05, 0.1) is 55.7 Å². The van der Waals surface area contributed by atoms with Gasteiger partial charge in [0.2, 0.25) is 0 Å². The summed E-state index contributed by atoms with van der Waals surface area (Å²) in [6.07, 6.45) is 15.0. The molecule has 0 spiro atoms. The van der Waals surface area contributed by atoms with Gasteiger partial charge in [-0.2, -0.15) is 0 Å². The molecule has 6 aromatic carbocycles. The standard InChI is InChI=1S/C62H64N4O4/c1-5-9-15-39-23-31-51-47(35-39)48-36-40(16-10-6-2)24-32-52(48)65(51)55-21-13-19-45-57(55)61(69)63(59(45)67)43-27-29-44(30-28-43)64-60(68)46-20-14-22-56(58(46)62(64)70)66-53-33-25-41(17-11-7-3)37-49(53)50-38-42(18-12-8-4)26-34-54(50)66/h13-14,19-26,31-38,43-44H,5-12,15-18,27-30H2,1-4H3. The van der Waals surface area contributed by atoms with Gasteiger partial charge in [-0.3, -0.25) is 29.0 Å². The largest absolute Gasteiger partial charge is 0.308 e. The molecule has 0 saturated heterocycles. The SMILES string of the molecule is CCCCc1ccc2c(c1)c1cc(CCCC)ccc1n2-c1cccc2c1C(=O)N(C1CCC(N3C(=O)c4cccc(-n5c6ccc(CCCC)cc6c6cc(CCCC)ccc65)c4C3=O)CC1)C2=O. The first-order valence-electron chi connectivity index (χ1n) is 26.4. The second-order valence-corrected chi connectivity index (χ2v) is 20.3. The minimum Gasteiger partial charge on any atom is -0.308 e. The smallest absolute Gasteiger partial charge is 0.263 e. The first-order valence-corrected chi connectivity index (χ1v) is 26.4. The summed E-state index contributed by atoms with van der Waals surface area (Å²) in [4.78, 5) is 61.6. The van der Waals surface area contributed by atoms with Gasteiger partial charge in [-0.05, 0) is 172 Å². The third-order valence-corrected chi connectivity index (χ3v) is 15.8. The van der Waals surface area contributed by atoms with E-state index in [1.54, 1.807) is 12.1 Å². The summed E-state index contributed by atoms with van der Waals surface area (Å²) in [5.41, 5.74) is 12.4. The van der Waals surface area contributed by atoms with Crippen LogP contribution >= 0.6 is 0 Å². The molecule has 0 atom stereocenters. The first kappa shape index (κ1) is 45.6. The lowest BCUT2D eigenvalue weighted by atomic mass is 9.89. The summed E-state index contributed by atoms with van der Waals surface area (Å²) < 4.78 is 4.38. The zero-order valence-electron chi connectivity index (χ0n) is 41.3. The Balaban J connectivity index is 0.880. The zero-order chi connectivity index (χ0) is 48.2. The molecule has 4 heterocycles. The molecule has 3 aliphatic rings. The highest BCUT2D eigenvalue weighted by Gasteiger charge is 2.47. The molecule has 0 radical (unpaired) electrons. The van der Waals surface area contributed by atoms with E-state index in [1.807, 2.05) is 24.3 Å². The monoisotopic (exact) mass is 928 g/mol. The fraction of sp³-hybridized carbons (Fsp3) is 0.355. The Kier molecular flexibility index (Phi) is 12.3. The molecule has 8 heteroatoms. The number of amides is 4. The summed E-state index contributed by atoms with van der Waals surface area (Å²) in [5.74, 6) is -1.11. The van der Waals surface area contributed by atoms with Gasteiger partial charge in [0.25, 0.3) is 23.6 Å². The van der Waals surface area contributed by atoms with Crippen LogP contribution in [0.2, 0.25) is 0 Å². The predicted octanol–water partition coefficient (Wildman–Crippen LogP) is 14.5. The molecule has 8 aromatic rings. The van der Waals surface area contributed by atoms with Crippen molar-refractivity contribution in [1.82, 2.24) is 18.9 Å². The van der Waals surface area contributed by atoms with E-state index in [9.17, 15) is 19.2 Å². The Morgan fingerprint density at radius 1 is 0.386 bits per heavy atom. The molecule has 1 fully saturated rings. The van der Waals surface area contributed by atoms with Crippen molar-refractivity contribution in [3.63, 3.8) is 0 Å². The average molecular weight is 929 g/mol. The van der Waals surface area contributed by atoms with Gasteiger partial charge in [0.1, 0.15) is 0 Å². The van der Waals surface area contributed by atoms with E-state index in [0.29, 0.717) is 59.3 Å². The van der Waals surface area contributed by atoms with E-state index < -0.39 is 0 Å². The van der Waals surface area contributed by atoms with Crippen LogP contribution in [0.4, 0.5) is 0 Å². The Labute approximate surface area is 411 Å². The number of hydrogen-bond acceptors (Lipinski definition) is 4. The van der Waals surface area contributed by atoms with Crippen molar-refractivity contribution >= 4 is 67.2 Å². The summed E-state index contributed by atoms with van der Waals surface area (Å²) in [7, 11) is 0. The normalized spacial score (nSPS) is 17.1. The average Bonchev–Trinajstić information content (AvgIpc) is 4.06. The Bertz CT molecular complexity index is 3040. The quantitative estimate of drug-likeness (QED) is 0.0904. The van der Waals surface area contributed by atoms with Crippen molar-refractivity contribution in [2.24, 2.45) is 0 Å². The lowest BCUT2D eigenvalue weighted by molar-refractivity contribution is 0.0424. The number of imide groups is 2. The summed E-state index contributed by atoms with van der Waals surface area (Å²) in [6.45, 7) is 8.87. The summed E-state index contributed by atoms with van der Waals surface area (Å²) >= 11 is 0. The molecule has 4 amide bonds. The molecule has 8 nitrogen and oxygen atoms in total. The van der Waals surface area contributed by atoms with Crippen molar-refractivity contribution in [3.8, 4) is 11.4 Å². The molecule has 11 rings (SSSR count). The first-order chi connectivity index (χ1) is 34.2. The number of aromatic nitrogens is 2. The van der Waals surface area contributed by atoms with Crippen LogP contribution in [-0.4, -0.2) is 54.6 Å². The van der Waals surface area contributed by atoms with Crippen LogP contribution in [0, 0.1) is 0 Å². The minimum atomic E-state index is -0.357. The maximum absolute atomic E-state index is 14.9. The van der Waals surface area contributed by atoms with Crippen LogP contribution in [0.1, 0.15) is 168 Å². The maximum atomic E-state index is 14.9. The molecule has 2 aliphatic heterocycles. The van der Waals surface area contributed by atoms with Crippen LogP contribution in [0.25, 0.3) is 55.0 Å². The van der Waals surface area contributed by atoms with Gasteiger partial charge in [0, 0.05) is 33.6 Å². The van der Waals surface area contributed by atoms with Gasteiger partial charge in [-0.25, -0.2) is 0 Å². The molecule has 70 heavy (non-hydrogen) atoms. The number of unbranched alkanes of at least 4 members (excludes halogenated alkanes) is 4. The van der Waals surface area contributed by atoms with E-state index in [4.69, 9.17) is 0 Å². The van der Waals surface area contributed by atoms with Crippen LogP contribution < -0.4 is 0 Å². The van der Waals surface area contributed by atoms with Crippen molar-refractivity contribution in [2.45, 2.75) is 143 Å². The maximum Gasteiger partial charge on any atom is 0.263 e. The van der Waals surface area contributed by atoms with E-state index in [1.165, 1.54) is 32.1 Å². The van der Waals surface area contributed by atoms with Gasteiger partial charge < -0.3 is 9.13 Å². The van der Waals surface area contributed by atoms with Crippen LogP contribution in [0.3, 0.4) is 0 Å². The van der Waals surface area contributed by atoms with Crippen LogP contribution in [0.5, 0.6) is 0 Å². The molecule has 356 valence electrons. The van der Waals surface area contributed by atoms with Gasteiger partial charge in [-0.15, -0.1) is 0 Å². The number of fused-ring (bicyclic) bond motifs is 8. The second kappa shape index (κ2) is 18.8. The third-order valence-electron chi connectivity index (χ3n) is 15.8. The van der Waals surface area contributed by atoms with E-state index in [2.05, 4.69) is 110 Å². The molecule has 2 aromatic heterocycles. The Hall–Kier alpha value is -6.80. The van der Waals surface area contributed by atoms with Gasteiger partial charge in [-0.1, -0.05) is 89.8 Å². The predicted molar refractivity (Wildman–Crippen MR) is 283 cm³/mol. The topological polar surface area (TPSA) is 84.6 Å².